The second-order valence-corrected chi connectivity index (χ2v) is 8.30. The minimum absolute atomic E-state index is 0.0438. The number of rotatable bonds is 5. The van der Waals surface area contributed by atoms with Crippen molar-refractivity contribution in [1.29, 1.82) is 0 Å². The average molecular weight is 405 g/mol. The lowest BCUT2D eigenvalue weighted by molar-refractivity contribution is 0.748. The molecule has 0 spiro atoms. The second-order valence-electron chi connectivity index (χ2n) is 6.34. The Bertz CT molecular complexity index is 1400. The molecule has 3 heterocycles. The van der Waals surface area contributed by atoms with Gasteiger partial charge < -0.3 is 4.57 Å². The number of thiazole rings is 1. The summed E-state index contributed by atoms with van der Waals surface area (Å²) < 4.78 is 4.88. The van der Waals surface area contributed by atoms with E-state index < -0.39 is 0 Å². The van der Waals surface area contributed by atoms with Gasteiger partial charge in [-0.15, -0.1) is 6.58 Å². The highest BCUT2D eigenvalue weighted by Gasteiger charge is 2.13. The largest absolute Gasteiger partial charge is 0.315 e. The molecular weight excluding hydrogens is 388 g/mol. The summed E-state index contributed by atoms with van der Waals surface area (Å²) in [6, 6.07) is 17.6. The van der Waals surface area contributed by atoms with E-state index in [1.54, 1.807) is 22.2 Å². The smallest absolute Gasteiger partial charge is 0.259 e. The van der Waals surface area contributed by atoms with Crippen LogP contribution >= 0.6 is 23.1 Å². The Kier molecular flexibility index (Phi) is 4.26. The zero-order valence-electron chi connectivity index (χ0n) is 14.9. The molecule has 0 aliphatic rings. The van der Waals surface area contributed by atoms with Gasteiger partial charge >= 0.3 is 0 Å². The van der Waals surface area contributed by atoms with Crippen molar-refractivity contribution in [2.45, 2.75) is 17.5 Å². The molecule has 138 valence electrons. The Balaban J connectivity index is 1.52. The summed E-state index contributed by atoms with van der Waals surface area (Å²) in [5.41, 5.74) is 3.67. The van der Waals surface area contributed by atoms with Crippen LogP contribution in [0.1, 0.15) is 5.69 Å². The molecule has 5 aromatic rings. The molecule has 0 aliphatic heterocycles. The van der Waals surface area contributed by atoms with E-state index in [0.717, 1.165) is 37.1 Å². The van der Waals surface area contributed by atoms with Gasteiger partial charge in [0.2, 0.25) is 0 Å². The number of thioether (sulfide) groups is 1. The normalized spacial score (nSPS) is 11.6. The topological polar surface area (TPSA) is 52.2 Å². The first kappa shape index (κ1) is 17.2. The summed E-state index contributed by atoms with van der Waals surface area (Å²) in [5, 5.41) is 0.902. The van der Waals surface area contributed by atoms with Crippen LogP contribution in [0.5, 0.6) is 0 Å². The van der Waals surface area contributed by atoms with Crippen LogP contribution in [0, 0.1) is 0 Å². The van der Waals surface area contributed by atoms with E-state index in [1.807, 2.05) is 48.5 Å². The molecule has 0 atom stereocenters. The minimum atomic E-state index is -0.0438. The van der Waals surface area contributed by atoms with E-state index in [1.165, 1.54) is 11.3 Å². The van der Waals surface area contributed by atoms with E-state index >= 15 is 0 Å². The molecule has 0 amide bonds. The third-order valence-electron chi connectivity index (χ3n) is 4.53. The minimum Gasteiger partial charge on any atom is -0.315 e. The number of benzene rings is 2. The van der Waals surface area contributed by atoms with Gasteiger partial charge in [-0.25, -0.2) is 9.97 Å². The predicted octanol–water partition coefficient (Wildman–Crippen LogP) is 4.74. The van der Waals surface area contributed by atoms with Gasteiger partial charge in [0.25, 0.3) is 5.56 Å². The van der Waals surface area contributed by atoms with Gasteiger partial charge in [-0.3, -0.25) is 9.20 Å². The fraction of sp³-hybridized carbons (Fsp3) is 0.0952. The van der Waals surface area contributed by atoms with Crippen LogP contribution < -0.4 is 5.56 Å². The van der Waals surface area contributed by atoms with Crippen molar-refractivity contribution in [2.24, 2.45) is 0 Å². The van der Waals surface area contributed by atoms with Gasteiger partial charge in [-0.2, -0.15) is 0 Å². The lowest BCUT2D eigenvalue weighted by atomic mass is 10.3. The van der Waals surface area contributed by atoms with Gasteiger partial charge in [0.15, 0.2) is 10.1 Å². The van der Waals surface area contributed by atoms with Crippen molar-refractivity contribution < 1.29 is 0 Å². The molecule has 2 aromatic carbocycles. The second kappa shape index (κ2) is 6.92. The van der Waals surface area contributed by atoms with Crippen LogP contribution in [0.25, 0.3) is 26.2 Å². The van der Waals surface area contributed by atoms with Crippen LogP contribution in [0.4, 0.5) is 0 Å². The van der Waals surface area contributed by atoms with Crippen LogP contribution in [0.15, 0.2) is 77.2 Å². The van der Waals surface area contributed by atoms with Gasteiger partial charge in [0.05, 0.1) is 26.9 Å². The number of allylic oxidation sites excluding steroid dienone is 1. The Morgan fingerprint density at radius 2 is 1.86 bits per heavy atom. The van der Waals surface area contributed by atoms with E-state index in [-0.39, 0.29) is 5.56 Å². The molecular formula is C21H16N4OS2. The van der Waals surface area contributed by atoms with E-state index in [9.17, 15) is 4.79 Å². The third-order valence-corrected chi connectivity index (χ3v) is 6.56. The van der Waals surface area contributed by atoms with Gasteiger partial charge in [-0.05, 0) is 24.3 Å². The SMILES string of the molecule is C=CCn1c(SCc2cc(=O)n3c(n2)sc2ccccc23)nc2ccccc21. The fourth-order valence-electron chi connectivity index (χ4n) is 3.30. The van der Waals surface area contributed by atoms with E-state index in [0.29, 0.717) is 12.3 Å². The van der Waals surface area contributed by atoms with Gasteiger partial charge in [0, 0.05) is 18.4 Å². The number of nitrogens with zero attached hydrogens (tertiary/aromatic N) is 4. The Morgan fingerprint density at radius 1 is 1.07 bits per heavy atom. The van der Waals surface area contributed by atoms with Crippen LogP contribution in [0.3, 0.4) is 0 Å². The highest BCUT2D eigenvalue weighted by atomic mass is 32.2. The maximum Gasteiger partial charge on any atom is 0.259 e. The number of para-hydroxylation sites is 3. The zero-order chi connectivity index (χ0) is 19.1. The molecule has 5 rings (SSSR count). The lowest BCUT2D eigenvalue weighted by Gasteiger charge is -2.06. The van der Waals surface area contributed by atoms with Crippen molar-refractivity contribution in [2.75, 3.05) is 0 Å². The van der Waals surface area contributed by atoms with E-state index in [2.05, 4.69) is 17.2 Å². The van der Waals surface area contributed by atoms with Crippen LogP contribution in [-0.2, 0) is 12.3 Å². The maximum atomic E-state index is 12.7. The Labute approximate surface area is 169 Å². The summed E-state index contributed by atoms with van der Waals surface area (Å²) in [6.07, 6.45) is 1.87. The number of aromatic nitrogens is 4. The molecule has 3 aromatic heterocycles. The summed E-state index contributed by atoms with van der Waals surface area (Å²) in [5.74, 6) is 0.584. The van der Waals surface area contributed by atoms with Crippen molar-refractivity contribution in [1.82, 2.24) is 18.9 Å². The number of hydrogen-bond donors (Lipinski definition) is 0. The van der Waals surface area contributed by atoms with Crippen LogP contribution in [0.2, 0.25) is 0 Å². The maximum absolute atomic E-state index is 12.7. The molecule has 0 bridgehead atoms. The summed E-state index contributed by atoms with van der Waals surface area (Å²) in [6.45, 7) is 4.54. The molecule has 0 saturated carbocycles. The molecule has 28 heavy (non-hydrogen) atoms. The molecule has 0 fully saturated rings. The first-order chi connectivity index (χ1) is 13.7. The van der Waals surface area contributed by atoms with Crippen molar-refractivity contribution in [3.05, 3.63) is 83.3 Å². The van der Waals surface area contributed by atoms with E-state index in [4.69, 9.17) is 9.97 Å². The standard InChI is InChI=1S/C21H16N4OS2/c1-2-11-24-16-8-4-3-7-15(16)23-20(24)27-13-14-12-19(26)25-17-9-5-6-10-18(17)28-21(25)22-14/h2-10,12H,1,11,13H2. The highest BCUT2D eigenvalue weighted by molar-refractivity contribution is 7.98. The molecule has 5 nitrogen and oxygen atoms in total. The summed E-state index contributed by atoms with van der Waals surface area (Å²) in [4.78, 5) is 22.9. The number of fused-ring (bicyclic) bond motifs is 4. The predicted molar refractivity (Wildman–Crippen MR) is 116 cm³/mol. The molecule has 0 unspecified atom stereocenters. The van der Waals surface area contributed by atoms with Crippen molar-refractivity contribution in [3.63, 3.8) is 0 Å². The first-order valence-corrected chi connectivity index (χ1v) is 10.6. The summed E-state index contributed by atoms with van der Waals surface area (Å²) in [7, 11) is 0. The zero-order valence-corrected chi connectivity index (χ0v) is 16.5. The monoisotopic (exact) mass is 404 g/mol. The van der Waals surface area contributed by atoms with Crippen LogP contribution in [-0.4, -0.2) is 18.9 Å². The highest BCUT2D eigenvalue weighted by Crippen LogP contribution is 2.28. The number of imidazole rings is 1. The molecule has 0 saturated heterocycles. The third kappa shape index (κ3) is 2.83. The van der Waals surface area contributed by atoms with Gasteiger partial charge in [0.1, 0.15) is 0 Å². The molecule has 0 aliphatic carbocycles. The molecule has 7 heteroatoms. The molecule has 0 N–H and O–H groups in total. The Morgan fingerprint density at radius 3 is 2.71 bits per heavy atom. The number of hydrogen-bond acceptors (Lipinski definition) is 5. The quantitative estimate of drug-likeness (QED) is 0.314. The van der Waals surface area contributed by atoms with Crippen molar-refractivity contribution in [3.8, 4) is 0 Å². The lowest BCUT2D eigenvalue weighted by Crippen LogP contribution is -2.13. The fourth-order valence-corrected chi connectivity index (χ4v) is 5.27. The Hall–Kier alpha value is -2.90. The summed E-state index contributed by atoms with van der Waals surface area (Å²) >= 11 is 3.12. The first-order valence-electron chi connectivity index (χ1n) is 8.84. The average Bonchev–Trinajstić information content (AvgIpc) is 3.25. The molecule has 0 radical (unpaired) electrons. The van der Waals surface area contributed by atoms with Gasteiger partial charge in [-0.1, -0.05) is 53.4 Å². The van der Waals surface area contributed by atoms with Crippen molar-refractivity contribution >= 4 is 49.3 Å².